The predicted octanol–water partition coefficient (Wildman–Crippen LogP) is 4.13. The highest BCUT2D eigenvalue weighted by atomic mass is 16.5. The van der Waals surface area contributed by atoms with Crippen LogP contribution in [0.4, 0.5) is 0 Å². The molecule has 0 aliphatic carbocycles. The SMILES string of the molecule is CCOC(=O)c1c(C)n(C)c2c1cc(OC(=O)CC)c1ccccc12. The first-order valence-electron chi connectivity index (χ1n) is 8.38. The molecule has 25 heavy (non-hydrogen) atoms. The molecule has 2 aromatic carbocycles. The summed E-state index contributed by atoms with van der Waals surface area (Å²) in [7, 11) is 1.92. The number of rotatable bonds is 4. The summed E-state index contributed by atoms with van der Waals surface area (Å²) in [5.41, 5.74) is 2.25. The molecule has 3 rings (SSSR count). The second kappa shape index (κ2) is 6.59. The van der Waals surface area contributed by atoms with E-state index in [0.717, 1.165) is 27.4 Å². The van der Waals surface area contributed by atoms with Crippen molar-refractivity contribution in [1.29, 1.82) is 0 Å². The van der Waals surface area contributed by atoms with Crippen LogP contribution in [0.1, 0.15) is 36.3 Å². The van der Waals surface area contributed by atoms with Crippen molar-refractivity contribution in [1.82, 2.24) is 4.57 Å². The molecular weight excluding hydrogens is 318 g/mol. The number of benzene rings is 2. The number of hydrogen-bond donors (Lipinski definition) is 0. The maximum absolute atomic E-state index is 12.5. The Morgan fingerprint density at radius 1 is 1.08 bits per heavy atom. The van der Waals surface area contributed by atoms with Crippen LogP contribution < -0.4 is 4.74 Å². The maximum Gasteiger partial charge on any atom is 0.340 e. The molecule has 0 aliphatic heterocycles. The topological polar surface area (TPSA) is 57.5 Å². The monoisotopic (exact) mass is 339 g/mol. The highest BCUT2D eigenvalue weighted by Crippen LogP contribution is 2.37. The number of carbonyl (C=O) groups is 2. The van der Waals surface area contributed by atoms with Crippen LogP contribution in [-0.2, 0) is 16.6 Å². The molecule has 0 saturated carbocycles. The average molecular weight is 339 g/mol. The van der Waals surface area contributed by atoms with E-state index in [2.05, 4.69) is 0 Å². The van der Waals surface area contributed by atoms with Gasteiger partial charge in [-0.25, -0.2) is 4.79 Å². The van der Waals surface area contributed by atoms with E-state index in [4.69, 9.17) is 9.47 Å². The van der Waals surface area contributed by atoms with Crippen LogP contribution in [0, 0.1) is 6.92 Å². The first-order valence-corrected chi connectivity index (χ1v) is 8.38. The summed E-state index contributed by atoms with van der Waals surface area (Å²) in [6.07, 6.45) is 0.283. The summed E-state index contributed by atoms with van der Waals surface area (Å²) >= 11 is 0. The molecule has 5 heteroatoms. The van der Waals surface area contributed by atoms with Crippen molar-refractivity contribution in [3.8, 4) is 5.75 Å². The van der Waals surface area contributed by atoms with Crippen LogP contribution in [-0.4, -0.2) is 23.1 Å². The van der Waals surface area contributed by atoms with Crippen molar-refractivity contribution in [3.63, 3.8) is 0 Å². The number of carbonyl (C=O) groups excluding carboxylic acids is 2. The molecule has 0 N–H and O–H groups in total. The van der Waals surface area contributed by atoms with E-state index in [-0.39, 0.29) is 18.4 Å². The fourth-order valence-electron chi connectivity index (χ4n) is 3.15. The van der Waals surface area contributed by atoms with E-state index in [1.807, 2.05) is 42.8 Å². The molecule has 3 aromatic rings. The minimum absolute atomic E-state index is 0.283. The molecule has 1 heterocycles. The van der Waals surface area contributed by atoms with Gasteiger partial charge in [0.15, 0.2) is 0 Å². The average Bonchev–Trinajstić information content (AvgIpc) is 2.86. The van der Waals surface area contributed by atoms with Crippen molar-refractivity contribution in [2.24, 2.45) is 7.05 Å². The van der Waals surface area contributed by atoms with Crippen LogP contribution in [0.15, 0.2) is 30.3 Å². The van der Waals surface area contributed by atoms with Gasteiger partial charge >= 0.3 is 11.9 Å². The van der Waals surface area contributed by atoms with E-state index >= 15 is 0 Å². The van der Waals surface area contributed by atoms with Gasteiger partial charge in [0.1, 0.15) is 5.75 Å². The van der Waals surface area contributed by atoms with Gasteiger partial charge in [0.05, 0.1) is 17.7 Å². The molecule has 1 aromatic heterocycles. The molecule has 0 fully saturated rings. The predicted molar refractivity (Wildman–Crippen MR) is 97.0 cm³/mol. The van der Waals surface area contributed by atoms with Gasteiger partial charge in [-0.3, -0.25) is 4.79 Å². The van der Waals surface area contributed by atoms with E-state index in [0.29, 0.717) is 17.9 Å². The maximum atomic E-state index is 12.5. The Labute approximate surface area is 146 Å². The molecule has 0 bridgehead atoms. The second-order valence-electron chi connectivity index (χ2n) is 5.88. The Hall–Kier alpha value is -2.82. The second-order valence-corrected chi connectivity index (χ2v) is 5.88. The Morgan fingerprint density at radius 2 is 1.76 bits per heavy atom. The Bertz CT molecular complexity index is 984. The summed E-state index contributed by atoms with van der Waals surface area (Å²) in [6, 6.07) is 9.48. The van der Waals surface area contributed by atoms with Gasteiger partial charge in [0.25, 0.3) is 0 Å². The minimum atomic E-state index is -0.367. The van der Waals surface area contributed by atoms with Crippen LogP contribution in [0.25, 0.3) is 21.7 Å². The van der Waals surface area contributed by atoms with Gasteiger partial charge in [0, 0.05) is 35.3 Å². The van der Waals surface area contributed by atoms with Crippen molar-refractivity contribution < 1.29 is 19.1 Å². The molecule has 0 aliphatic rings. The largest absolute Gasteiger partial charge is 0.462 e. The lowest BCUT2D eigenvalue weighted by Crippen LogP contribution is -2.07. The number of hydrogen-bond acceptors (Lipinski definition) is 4. The highest BCUT2D eigenvalue weighted by Gasteiger charge is 2.23. The first-order chi connectivity index (χ1) is 12.0. The summed E-state index contributed by atoms with van der Waals surface area (Å²) in [5.74, 6) is -0.213. The standard InChI is InChI=1S/C20H21NO4/c1-5-17(22)25-16-11-15-18(20(23)24-6-2)12(3)21(4)19(15)14-10-8-7-9-13(14)16/h7-11H,5-6H2,1-4H3. The van der Waals surface area contributed by atoms with Gasteiger partial charge in [-0.2, -0.15) is 0 Å². The molecule has 0 unspecified atom stereocenters. The first kappa shape index (κ1) is 17.0. The zero-order chi connectivity index (χ0) is 18.1. The summed E-state index contributed by atoms with van der Waals surface area (Å²) < 4.78 is 12.7. The molecule has 0 radical (unpaired) electrons. The molecule has 130 valence electrons. The van der Waals surface area contributed by atoms with Gasteiger partial charge in [-0.05, 0) is 19.9 Å². The van der Waals surface area contributed by atoms with Crippen molar-refractivity contribution in [3.05, 3.63) is 41.6 Å². The zero-order valence-corrected chi connectivity index (χ0v) is 14.9. The summed E-state index contributed by atoms with van der Waals surface area (Å²) in [5, 5.41) is 2.50. The fourth-order valence-corrected chi connectivity index (χ4v) is 3.15. The van der Waals surface area contributed by atoms with Crippen LogP contribution in [0.5, 0.6) is 5.75 Å². The number of aromatic nitrogens is 1. The van der Waals surface area contributed by atoms with Gasteiger partial charge in [-0.1, -0.05) is 31.2 Å². The van der Waals surface area contributed by atoms with Gasteiger partial charge in [0.2, 0.25) is 0 Å². The molecule has 0 atom stereocenters. The summed E-state index contributed by atoms with van der Waals surface area (Å²) in [4.78, 5) is 24.3. The third-order valence-electron chi connectivity index (χ3n) is 4.44. The zero-order valence-electron chi connectivity index (χ0n) is 14.9. The third-order valence-corrected chi connectivity index (χ3v) is 4.44. The van der Waals surface area contributed by atoms with Crippen LogP contribution in [0.2, 0.25) is 0 Å². The van der Waals surface area contributed by atoms with E-state index in [9.17, 15) is 9.59 Å². The number of fused-ring (bicyclic) bond motifs is 3. The van der Waals surface area contributed by atoms with Crippen molar-refractivity contribution in [2.75, 3.05) is 6.61 Å². The number of aryl methyl sites for hydroxylation is 1. The third kappa shape index (κ3) is 2.76. The van der Waals surface area contributed by atoms with Crippen molar-refractivity contribution in [2.45, 2.75) is 27.2 Å². The fraction of sp³-hybridized carbons (Fsp3) is 0.300. The molecule has 0 amide bonds. The lowest BCUT2D eigenvalue weighted by atomic mass is 10.0. The van der Waals surface area contributed by atoms with E-state index in [1.54, 1.807) is 19.9 Å². The normalized spacial score (nSPS) is 11.0. The quantitative estimate of drug-likeness (QED) is 0.530. The molecule has 5 nitrogen and oxygen atoms in total. The smallest absolute Gasteiger partial charge is 0.340 e. The molecular formula is C20H21NO4. The van der Waals surface area contributed by atoms with Crippen molar-refractivity contribution >= 4 is 33.6 Å². The molecule has 0 spiro atoms. The Balaban J connectivity index is 2.39. The number of ether oxygens (including phenoxy) is 2. The lowest BCUT2D eigenvalue weighted by molar-refractivity contribution is -0.133. The Morgan fingerprint density at radius 3 is 2.40 bits per heavy atom. The van der Waals surface area contributed by atoms with Crippen LogP contribution >= 0.6 is 0 Å². The lowest BCUT2D eigenvalue weighted by Gasteiger charge is -2.10. The summed E-state index contributed by atoms with van der Waals surface area (Å²) in [6.45, 7) is 5.72. The van der Waals surface area contributed by atoms with E-state index in [1.165, 1.54) is 0 Å². The van der Waals surface area contributed by atoms with Gasteiger partial charge < -0.3 is 14.0 Å². The minimum Gasteiger partial charge on any atom is -0.462 e. The van der Waals surface area contributed by atoms with Gasteiger partial charge in [-0.15, -0.1) is 0 Å². The van der Waals surface area contributed by atoms with Crippen LogP contribution in [0.3, 0.4) is 0 Å². The Kier molecular flexibility index (Phi) is 4.49. The highest BCUT2D eigenvalue weighted by molar-refractivity contribution is 6.16. The molecule has 0 saturated heterocycles. The number of nitrogens with zero attached hydrogens (tertiary/aromatic N) is 1. The van der Waals surface area contributed by atoms with E-state index < -0.39 is 0 Å². The number of esters is 2.